The molecule has 3 heteroatoms. The van der Waals surface area contributed by atoms with Gasteiger partial charge in [-0.1, -0.05) is 18.2 Å². The lowest BCUT2D eigenvalue weighted by Crippen LogP contribution is -2.11. The first-order valence-corrected chi connectivity index (χ1v) is 7.77. The molecule has 1 heterocycles. The summed E-state index contributed by atoms with van der Waals surface area (Å²) in [5.41, 5.74) is 11.1. The van der Waals surface area contributed by atoms with Gasteiger partial charge in [0, 0.05) is 22.3 Å². The van der Waals surface area contributed by atoms with E-state index in [0.29, 0.717) is 5.56 Å². The van der Waals surface area contributed by atoms with E-state index < -0.39 is 0 Å². The van der Waals surface area contributed by atoms with E-state index in [0.717, 1.165) is 18.5 Å². The smallest absolute Gasteiger partial charge is 0.248 e. The number of fused-ring (bicyclic) bond motifs is 3. The summed E-state index contributed by atoms with van der Waals surface area (Å²) in [7, 11) is 0. The van der Waals surface area contributed by atoms with E-state index in [1.807, 2.05) is 24.3 Å². The number of benzene rings is 2. The Hall–Kier alpha value is -2.55. The Kier molecular flexibility index (Phi) is 3.00. The second kappa shape index (κ2) is 5.02. The fourth-order valence-corrected chi connectivity index (χ4v) is 3.57. The predicted molar refractivity (Wildman–Crippen MR) is 88.4 cm³/mol. The van der Waals surface area contributed by atoms with E-state index in [2.05, 4.69) is 28.8 Å². The molecular weight excluding hydrogens is 272 g/mol. The molecule has 0 atom stereocenters. The van der Waals surface area contributed by atoms with Gasteiger partial charge >= 0.3 is 0 Å². The van der Waals surface area contributed by atoms with Gasteiger partial charge in [0.25, 0.3) is 0 Å². The molecule has 0 aliphatic heterocycles. The van der Waals surface area contributed by atoms with Gasteiger partial charge in [-0.25, -0.2) is 0 Å². The van der Waals surface area contributed by atoms with Crippen molar-refractivity contribution in [3.8, 4) is 5.69 Å². The van der Waals surface area contributed by atoms with E-state index in [4.69, 9.17) is 5.73 Å². The fraction of sp³-hybridized carbons (Fsp3) is 0.211. The van der Waals surface area contributed by atoms with E-state index in [1.165, 1.54) is 35.0 Å². The van der Waals surface area contributed by atoms with Crippen LogP contribution in [0.15, 0.2) is 48.5 Å². The fourth-order valence-electron chi connectivity index (χ4n) is 3.57. The van der Waals surface area contributed by atoms with Gasteiger partial charge in [-0.05, 0) is 61.6 Å². The monoisotopic (exact) mass is 290 g/mol. The predicted octanol–water partition coefficient (Wildman–Crippen LogP) is 3.61. The topological polar surface area (TPSA) is 48.0 Å². The van der Waals surface area contributed by atoms with Crippen molar-refractivity contribution in [2.24, 2.45) is 5.73 Å². The van der Waals surface area contributed by atoms with Crippen molar-refractivity contribution in [1.29, 1.82) is 0 Å². The average molecular weight is 290 g/mol. The maximum Gasteiger partial charge on any atom is 0.248 e. The van der Waals surface area contributed by atoms with Crippen LogP contribution in [0.25, 0.3) is 16.6 Å². The minimum atomic E-state index is -0.383. The van der Waals surface area contributed by atoms with Crippen molar-refractivity contribution in [3.05, 3.63) is 65.4 Å². The molecular formula is C19H18N2O. The zero-order chi connectivity index (χ0) is 15.1. The highest BCUT2D eigenvalue weighted by Gasteiger charge is 2.20. The summed E-state index contributed by atoms with van der Waals surface area (Å²) in [6.07, 6.45) is 4.77. The lowest BCUT2D eigenvalue weighted by Gasteiger charge is -2.16. The normalized spacial score (nSPS) is 14.0. The molecule has 3 nitrogen and oxygen atoms in total. The zero-order valence-corrected chi connectivity index (χ0v) is 12.4. The summed E-state index contributed by atoms with van der Waals surface area (Å²) in [4.78, 5) is 11.3. The Morgan fingerprint density at radius 2 is 1.68 bits per heavy atom. The van der Waals surface area contributed by atoms with Gasteiger partial charge in [-0.15, -0.1) is 0 Å². The highest BCUT2D eigenvalue weighted by atomic mass is 16.1. The molecule has 2 N–H and O–H groups in total. The van der Waals surface area contributed by atoms with Gasteiger partial charge in [0.2, 0.25) is 5.91 Å². The van der Waals surface area contributed by atoms with Crippen molar-refractivity contribution in [2.45, 2.75) is 25.7 Å². The van der Waals surface area contributed by atoms with Crippen LogP contribution >= 0.6 is 0 Å². The molecule has 1 amide bonds. The van der Waals surface area contributed by atoms with Crippen molar-refractivity contribution in [2.75, 3.05) is 0 Å². The first-order chi connectivity index (χ1) is 10.8. The van der Waals surface area contributed by atoms with E-state index in [1.54, 1.807) is 0 Å². The third-order valence-corrected chi connectivity index (χ3v) is 4.59. The maximum atomic E-state index is 11.3. The van der Waals surface area contributed by atoms with Gasteiger partial charge in [-0.3, -0.25) is 4.79 Å². The van der Waals surface area contributed by atoms with Crippen LogP contribution in [0.1, 0.15) is 34.5 Å². The van der Waals surface area contributed by atoms with Gasteiger partial charge < -0.3 is 10.3 Å². The molecule has 0 spiro atoms. The number of aryl methyl sites for hydroxylation is 1. The van der Waals surface area contributed by atoms with Gasteiger partial charge in [-0.2, -0.15) is 0 Å². The summed E-state index contributed by atoms with van der Waals surface area (Å²) in [6.45, 7) is 0. The minimum absolute atomic E-state index is 0.383. The Balaban J connectivity index is 1.96. The molecule has 0 saturated heterocycles. The van der Waals surface area contributed by atoms with Crippen molar-refractivity contribution in [3.63, 3.8) is 0 Å². The van der Waals surface area contributed by atoms with Crippen LogP contribution in [0.2, 0.25) is 0 Å². The van der Waals surface area contributed by atoms with Crippen LogP contribution < -0.4 is 5.73 Å². The number of para-hydroxylation sites is 1. The number of carbonyl (C=O) groups is 1. The summed E-state index contributed by atoms with van der Waals surface area (Å²) in [6, 6.07) is 16.2. The highest BCUT2D eigenvalue weighted by Crippen LogP contribution is 2.34. The van der Waals surface area contributed by atoms with E-state index in [9.17, 15) is 4.79 Å². The number of amides is 1. The quantitative estimate of drug-likeness (QED) is 0.770. The Labute approximate surface area is 129 Å². The Morgan fingerprint density at radius 3 is 2.45 bits per heavy atom. The van der Waals surface area contributed by atoms with Crippen molar-refractivity contribution >= 4 is 16.8 Å². The molecule has 0 bridgehead atoms. The lowest BCUT2D eigenvalue weighted by molar-refractivity contribution is 0.100. The second-order valence-corrected chi connectivity index (χ2v) is 5.90. The van der Waals surface area contributed by atoms with Crippen LogP contribution in [-0.2, 0) is 12.8 Å². The number of aromatic nitrogens is 1. The van der Waals surface area contributed by atoms with Crippen LogP contribution in [0.5, 0.6) is 0 Å². The first-order valence-electron chi connectivity index (χ1n) is 7.77. The van der Waals surface area contributed by atoms with Gasteiger partial charge in [0.05, 0.1) is 5.52 Å². The number of primary amides is 1. The van der Waals surface area contributed by atoms with Crippen molar-refractivity contribution < 1.29 is 4.79 Å². The molecule has 1 aliphatic carbocycles. The Bertz CT molecular complexity index is 859. The molecule has 0 saturated carbocycles. The number of nitrogens with two attached hydrogens (primary N) is 1. The molecule has 0 fully saturated rings. The van der Waals surface area contributed by atoms with E-state index in [-0.39, 0.29) is 5.91 Å². The number of hydrogen-bond acceptors (Lipinski definition) is 1. The number of nitrogens with zero attached hydrogens (tertiary/aromatic N) is 1. The Morgan fingerprint density at radius 1 is 0.955 bits per heavy atom. The van der Waals surface area contributed by atoms with Crippen molar-refractivity contribution in [1.82, 2.24) is 4.57 Å². The van der Waals surface area contributed by atoms with Crippen LogP contribution in [-0.4, -0.2) is 10.5 Å². The summed E-state index contributed by atoms with van der Waals surface area (Å²) >= 11 is 0. The molecule has 1 aliphatic rings. The van der Waals surface area contributed by atoms with Gasteiger partial charge in [0.1, 0.15) is 0 Å². The van der Waals surface area contributed by atoms with Crippen LogP contribution in [0.3, 0.4) is 0 Å². The molecule has 1 aromatic heterocycles. The SMILES string of the molecule is NC(=O)c1ccc(-n2c3c(c4ccccc42)CCCC3)cc1. The molecule has 0 radical (unpaired) electrons. The highest BCUT2D eigenvalue weighted by molar-refractivity contribution is 5.93. The van der Waals surface area contributed by atoms with Crippen LogP contribution in [0.4, 0.5) is 0 Å². The second-order valence-electron chi connectivity index (χ2n) is 5.90. The summed E-state index contributed by atoms with van der Waals surface area (Å²) < 4.78 is 2.34. The molecule has 4 rings (SSSR count). The maximum absolute atomic E-state index is 11.3. The number of hydrogen-bond donors (Lipinski definition) is 1. The molecule has 2 aromatic carbocycles. The third kappa shape index (κ3) is 1.93. The molecule has 0 unspecified atom stereocenters. The molecule has 22 heavy (non-hydrogen) atoms. The summed E-state index contributed by atoms with van der Waals surface area (Å²) in [5, 5.41) is 1.36. The van der Waals surface area contributed by atoms with Crippen LogP contribution in [0, 0.1) is 0 Å². The number of carbonyl (C=O) groups excluding carboxylic acids is 1. The minimum Gasteiger partial charge on any atom is -0.366 e. The van der Waals surface area contributed by atoms with E-state index >= 15 is 0 Å². The lowest BCUT2D eigenvalue weighted by atomic mass is 9.95. The van der Waals surface area contributed by atoms with Gasteiger partial charge in [0.15, 0.2) is 0 Å². The number of rotatable bonds is 2. The molecule has 3 aromatic rings. The standard InChI is InChI=1S/C19H18N2O/c20-19(22)13-9-11-14(12-10-13)21-17-7-3-1-5-15(17)16-6-2-4-8-18(16)21/h1,3,5,7,9-12H,2,4,6,8H2,(H2,20,22). The molecule has 110 valence electrons. The largest absolute Gasteiger partial charge is 0.366 e. The summed E-state index contributed by atoms with van der Waals surface area (Å²) in [5.74, 6) is -0.383. The third-order valence-electron chi connectivity index (χ3n) is 4.59. The first kappa shape index (κ1) is 13.1. The zero-order valence-electron chi connectivity index (χ0n) is 12.4. The average Bonchev–Trinajstić information content (AvgIpc) is 2.89.